The van der Waals surface area contributed by atoms with Crippen molar-refractivity contribution in [1.29, 1.82) is 0 Å². The number of para-hydroxylation sites is 2. The predicted octanol–water partition coefficient (Wildman–Crippen LogP) is 1.83. The van der Waals surface area contributed by atoms with E-state index < -0.39 is 5.97 Å². The molecule has 0 aliphatic heterocycles. The van der Waals surface area contributed by atoms with Crippen LogP contribution in [0.15, 0.2) is 42.6 Å². The second kappa shape index (κ2) is 5.92. The highest BCUT2D eigenvalue weighted by Crippen LogP contribution is 2.23. The van der Waals surface area contributed by atoms with E-state index in [0.717, 1.165) is 0 Å². The van der Waals surface area contributed by atoms with Gasteiger partial charge in [-0.15, -0.1) is 0 Å². The molecule has 0 fully saturated rings. The van der Waals surface area contributed by atoms with Crippen LogP contribution in [0.5, 0.6) is 5.75 Å². The molecule has 0 bridgehead atoms. The van der Waals surface area contributed by atoms with E-state index in [1.165, 1.54) is 11.7 Å². The van der Waals surface area contributed by atoms with Crippen LogP contribution in [0.25, 0.3) is 0 Å². The van der Waals surface area contributed by atoms with Crippen molar-refractivity contribution in [1.82, 2.24) is 4.57 Å². The first-order valence-corrected chi connectivity index (χ1v) is 5.93. The van der Waals surface area contributed by atoms with Crippen molar-refractivity contribution >= 4 is 17.6 Å². The number of nitrogens with zero attached hydrogens (tertiary/aromatic N) is 1. The van der Waals surface area contributed by atoms with Gasteiger partial charge in [0.25, 0.3) is 5.91 Å². The van der Waals surface area contributed by atoms with Crippen LogP contribution in [-0.4, -0.2) is 28.7 Å². The van der Waals surface area contributed by atoms with Crippen LogP contribution in [0.4, 0.5) is 5.69 Å². The highest BCUT2D eigenvalue weighted by molar-refractivity contribution is 6.04. The maximum absolute atomic E-state index is 12.2. The normalized spacial score (nSPS) is 10.1. The largest absolute Gasteiger partial charge is 0.495 e. The number of carboxylic acid groups (broad SMARTS) is 1. The average Bonchev–Trinajstić information content (AvgIpc) is 2.86. The summed E-state index contributed by atoms with van der Waals surface area (Å²) in [5.41, 5.74) is 0.807. The monoisotopic (exact) mass is 274 g/mol. The number of ether oxygens (including phenoxy) is 1. The third kappa shape index (κ3) is 2.97. The van der Waals surface area contributed by atoms with Gasteiger partial charge in [-0.05, 0) is 24.3 Å². The molecule has 104 valence electrons. The molecule has 0 saturated carbocycles. The Bertz CT molecular complexity index is 634. The molecule has 2 rings (SSSR count). The van der Waals surface area contributed by atoms with Crippen LogP contribution in [0, 0.1) is 0 Å². The molecule has 2 N–H and O–H groups in total. The van der Waals surface area contributed by atoms with Gasteiger partial charge in [0.2, 0.25) is 0 Å². The quantitative estimate of drug-likeness (QED) is 0.871. The van der Waals surface area contributed by atoms with Crippen molar-refractivity contribution in [3.05, 3.63) is 48.3 Å². The first kappa shape index (κ1) is 13.7. The van der Waals surface area contributed by atoms with E-state index in [9.17, 15) is 9.59 Å². The summed E-state index contributed by atoms with van der Waals surface area (Å²) >= 11 is 0. The summed E-state index contributed by atoms with van der Waals surface area (Å²) in [4.78, 5) is 22.9. The number of rotatable bonds is 5. The first-order valence-electron chi connectivity index (χ1n) is 5.93. The number of methoxy groups -OCH3 is 1. The number of anilines is 1. The van der Waals surface area contributed by atoms with Crippen molar-refractivity contribution < 1.29 is 19.4 Å². The molecule has 0 saturated heterocycles. The van der Waals surface area contributed by atoms with Gasteiger partial charge in [0.1, 0.15) is 18.0 Å². The Kier molecular flexibility index (Phi) is 4.05. The van der Waals surface area contributed by atoms with Crippen LogP contribution < -0.4 is 10.1 Å². The Labute approximate surface area is 115 Å². The number of carboxylic acids is 1. The maximum atomic E-state index is 12.2. The molecule has 0 aliphatic rings. The topological polar surface area (TPSA) is 80.6 Å². The number of carbonyl (C=O) groups is 2. The zero-order valence-electron chi connectivity index (χ0n) is 10.9. The Morgan fingerprint density at radius 3 is 2.70 bits per heavy atom. The molecule has 6 nitrogen and oxygen atoms in total. The fraction of sp³-hybridized carbons (Fsp3) is 0.143. The Morgan fingerprint density at radius 2 is 2.00 bits per heavy atom. The fourth-order valence-electron chi connectivity index (χ4n) is 1.84. The van der Waals surface area contributed by atoms with Gasteiger partial charge in [0, 0.05) is 6.20 Å². The molecule has 1 aromatic heterocycles. The smallest absolute Gasteiger partial charge is 0.323 e. The lowest BCUT2D eigenvalue weighted by Crippen LogP contribution is -2.19. The molecule has 6 heteroatoms. The summed E-state index contributed by atoms with van der Waals surface area (Å²) in [6, 6.07) is 10.2. The molecular formula is C14H14N2O4. The third-order valence-corrected chi connectivity index (χ3v) is 2.72. The molecule has 1 aromatic carbocycles. The van der Waals surface area contributed by atoms with Gasteiger partial charge in [0.15, 0.2) is 0 Å². The van der Waals surface area contributed by atoms with E-state index in [0.29, 0.717) is 11.4 Å². The standard InChI is InChI=1S/C14H14N2O4/c1-20-12-7-3-2-5-10(12)15-14(19)11-6-4-8-16(11)9-13(17)18/h2-8H,9H2,1H3,(H,15,19)(H,17,18). The summed E-state index contributed by atoms with van der Waals surface area (Å²) in [6.07, 6.45) is 1.55. The van der Waals surface area contributed by atoms with Gasteiger partial charge in [-0.3, -0.25) is 9.59 Å². The number of aliphatic carboxylic acids is 1. The molecule has 1 heterocycles. The number of benzene rings is 1. The molecule has 2 aromatic rings. The Morgan fingerprint density at radius 1 is 1.25 bits per heavy atom. The number of nitrogens with one attached hydrogen (secondary N) is 1. The van der Waals surface area contributed by atoms with E-state index in [1.54, 1.807) is 42.6 Å². The number of aromatic nitrogens is 1. The molecule has 0 radical (unpaired) electrons. The van der Waals surface area contributed by atoms with Gasteiger partial charge < -0.3 is 19.7 Å². The van der Waals surface area contributed by atoms with Crippen LogP contribution in [-0.2, 0) is 11.3 Å². The molecule has 0 aliphatic carbocycles. The lowest BCUT2D eigenvalue weighted by atomic mass is 10.3. The molecule has 1 amide bonds. The number of amides is 1. The summed E-state index contributed by atoms with van der Waals surface area (Å²) in [5.74, 6) is -0.856. The highest BCUT2D eigenvalue weighted by Gasteiger charge is 2.14. The minimum absolute atomic E-state index is 0.262. The van der Waals surface area contributed by atoms with E-state index in [4.69, 9.17) is 9.84 Å². The summed E-state index contributed by atoms with van der Waals surface area (Å²) in [5, 5.41) is 11.5. The average molecular weight is 274 g/mol. The lowest BCUT2D eigenvalue weighted by Gasteiger charge is -2.11. The lowest BCUT2D eigenvalue weighted by molar-refractivity contribution is -0.137. The van der Waals surface area contributed by atoms with Crippen molar-refractivity contribution in [3.63, 3.8) is 0 Å². The number of hydrogen-bond donors (Lipinski definition) is 2. The summed E-state index contributed by atoms with van der Waals surface area (Å²) in [6.45, 7) is -0.262. The van der Waals surface area contributed by atoms with Crippen molar-refractivity contribution in [2.75, 3.05) is 12.4 Å². The van der Waals surface area contributed by atoms with Crippen molar-refractivity contribution in [2.24, 2.45) is 0 Å². The summed E-state index contributed by atoms with van der Waals surface area (Å²) < 4.78 is 6.51. The van der Waals surface area contributed by atoms with E-state index in [2.05, 4.69) is 5.32 Å². The molecular weight excluding hydrogens is 260 g/mol. The molecule has 0 atom stereocenters. The van der Waals surface area contributed by atoms with Crippen LogP contribution >= 0.6 is 0 Å². The van der Waals surface area contributed by atoms with Gasteiger partial charge in [-0.25, -0.2) is 0 Å². The second-order valence-electron chi connectivity index (χ2n) is 4.07. The zero-order valence-corrected chi connectivity index (χ0v) is 10.9. The molecule has 0 spiro atoms. The van der Waals surface area contributed by atoms with Crippen molar-refractivity contribution in [2.45, 2.75) is 6.54 Å². The molecule has 20 heavy (non-hydrogen) atoms. The highest BCUT2D eigenvalue weighted by atomic mass is 16.5. The maximum Gasteiger partial charge on any atom is 0.323 e. The van der Waals surface area contributed by atoms with E-state index in [-0.39, 0.29) is 18.1 Å². The minimum Gasteiger partial charge on any atom is -0.495 e. The first-order chi connectivity index (χ1) is 9.61. The van der Waals surface area contributed by atoms with Gasteiger partial charge >= 0.3 is 5.97 Å². The SMILES string of the molecule is COc1ccccc1NC(=O)c1cccn1CC(=O)O. The number of carbonyl (C=O) groups excluding carboxylic acids is 1. The van der Waals surface area contributed by atoms with Crippen LogP contribution in [0.2, 0.25) is 0 Å². The van der Waals surface area contributed by atoms with Gasteiger partial charge in [-0.1, -0.05) is 12.1 Å². The number of hydrogen-bond acceptors (Lipinski definition) is 3. The van der Waals surface area contributed by atoms with Crippen LogP contribution in [0.3, 0.4) is 0 Å². The van der Waals surface area contributed by atoms with Gasteiger partial charge in [-0.2, -0.15) is 0 Å². The molecule has 0 unspecified atom stereocenters. The minimum atomic E-state index is -1.01. The van der Waals surface area contributed by atoms with Crippen LogP contribution in [0.1, 0.15) is 10.5 Å². The van der Waals surface area contributed by atoms with E-state index >= 15 is 0 Å². The van der Waals surface area contributed by atoms with E-state index in [1.807, 2.05) is 0 Å². The second-order valence-corrected chi connectivity index (χ2v) is 4.07. The Balaban J connectivity index is 2.20. The predicted molar refractivity (Wildman–Crippen MR) is 73.0 cm³/mol. The summed E-state index contributed by atoms with van der Waals surface area (Å²) in [7, 11) is 1.51. The zero-order chi connectivity index (χ0) is 14.5. The Hall–Kier alpha value is -2.76. The fourth-order valence-corrected chi connectivity index (χ4v) is 1.84. The third-order valence-electron chi connectivity index (χ3n) is 2.72. The van der Waals surface area contributed by atoms with Crippen molar-refractivity contribution in [3.8, 4) is 5.75 Å². The van der Waals surface area contributed by atoms with Gasteiger partial charge in [0.05, 0.1) is 12.8 Å².